The van der Waals surface area contributed by atoms with E-state index in [9.17, 15) is 22.0 Å². The monoisotopic (exact) mass is 589 g/mol. The Hall–Kier alpha value is -4.49. The summed E-state index contributed by atoms with van der Waals surface area (Å²) in [5, 5.41) is 4.74. The molecule has 0 saturated carbocycles. The van der Waals surface area contributed by atoms with Gasteiger partial charge in [0.15, 0.2) is 17.4 Å². The maximum atomic E-state index is 15.2. The molecule has 0 amide bonds. The van der Waals surface area contributed by atoms with E-state index < -0.39 is 39.0 Å². The number of nitrogens with one attached hydrogen (secondary N) is 2. The van der Waals surface area contributed by atoms with Crippen molar-refractivity contribution in [1.82, 2.24) is 14.8 Å². The molecule has 0 saturated heterocycles. The van der Waals surface area contributed by atoms with Crippen molar-refractivity contribution in [3.8, 4) is 17.2 Å². The third kappa shape index (κ3) is 5.20. The normalized spacial score (nSPS) is 11.7. The fourth-order valence-corrected chi connectivity index (χ4v) is 4.97. The fraction of sp³-hybridized carbons (Fsp3) is 0.0769. The number of aromatic amines is 1. The highest BCUT2D eigenvalue weighted by Gasteiger charge is 2.23. The van der Waals surface area contributed by atoms with E-state index in [0.717, 1.165) is 35.2 Å². The van der Waals surface area contributed by atoms with Crippen molar-refractivity contribution in [2.45, 2.75) is 6.92 Å². The van der Waals surface area contributed by atoms with Crippen molar-refractivity contribution in [2.24, 2.45) is 0 Å². The van der Waals surface area contributed by atoms with Crippen molar-refractivity contribution in [1.29, 1.82) is 0 Å². The standard InChI is InChI=1S/C26H19ClF3N5O4S/c1-12-5-15(39-23-8-14(28)3-4-18(23)29)9-19(30)24(12)35-26(31)16(11-32-35)25(36)22-7-13-6-17(27)21(10-20(13)33-22)34-40(2,37)38/h3-11,33-34H,31H2,1-2H3. The van der Waals surface area contributed by atoms with Gasteiger partial charge in [-0.1, -0.05) is 11.6 Å². The lowest BCUT2D eigenvalue weighted by molar-refractivity contribution is 0.103. The van der Waals surface area contributed by atoms with Gasteiger partial charge in [0, 0.05) is 23.0 Å². The van der Waals surface area contributed by atoms with Crippen molar-refractivity contribution in [3.05, 3.63) is 94.0 Å². The Bertz CT molecular complexity index is 1920. The highest BCUT2D eigenvalue weighted by atomic mass is 35.5. The van der Waals surface area contributed by atoms with E-state index >= 15 is 4.39 Å². The summed E-state index contributed by atoms with van der Waals surface area (Å²) in [5.74, 6) is -3.63. The molecule has 0 aliphatic rings. The van der Waals surface area contributed by atoms with Crippen LogP contribution in [0.1, 0.15) is 21.6 Å². The molecule has 3 aromatic carbocycles. The van der Waals surface area contributed by atoms with Crippen molar-refractivity contribution < 1.29 is 31.1 Å². The number of fused-ring (bicyclic) bond motifs is 1. The number of aryl methyl sites for hydroxylation is 1. The van der Waals surface area contributed by atoms with Crippen LogP contribution in [0, 0.1) is 24.4 Å². The quantitative estimate of drug-likeness (QED) is 0.208. The lowest BCUT2D eigenvalue weighted by Gasteiger charge is -2.13. The molecule has 4 N–H and O–H groups in total. The minimum Gasteiger partial charge on any atom is -0.454 e. The molecule has 206 valence electrons. The molecule has 40 heavy (non-hydrogen) atoms. The number of anilines is 2. The van der Waals surface area contributed by atoms with Crippen molar-refractivity contribution in [3.63, 3.8) is 0 Å². The Kier molecular flexibility index (Phi) is 6.72. The molecule has 0 aliphatic carbocycles. The summed E-state index contributed by atoms with van der Waals surface area (Å²) in [6, 6.07) is 9.43. The average molecular weight is 590 g/mol. The van der Waals surface area contributed by atoms with Gasteiger partial charge < -0.3 is 15.5 Å². The molecule has 0 aliphatic heterocycles. The molecule has 5 aromatic rings. The Balaban J connectivity index is 1.46. The van der Waals surface area contributed by atoms with Crippen molar-refractivity contribution >= 4 is 49.8 Å². The van der Waals surface area contributed by atoms with Crippen LogP contribution in [0.2, 0.25) is 5.02 Å². The summed E-state index contributed by atoms with van der Waals surface area (Å²) >= 11 is 6.17. The number of carbonyl (C=O) groups excluding carboxylic acids is 1. The number of rotatable bonds is 7. The molecular formula is C26H19ClF3N5O4S. The number of hydrogen-bond donors (Lipinski definition) is 3. The van der Waals surface area contributed by atoms with Crippen LogP contribution < -0.4 is 15.2 Å². The summed E-state index contributed by atoms with van der Waals surface area (Å²) in [4.78, 5) is 16.2. The van der Waals surface area contributed by atoms with Crippen LogP contribution in [0.15, 0.2) is 54.7 Å². The van der Waals surface area contributed by atoms with Gasteiger partial charge in [-0.05, 0) is 48.9 Å². The van der Waals surface area contributed by atoms with Gasteiger partial charge in [0.2, 0.25) is 15.8 Å². The fourth-order valence-electron chi connectivity index (χ4n) is 4.12. The Morgan fingerprint density at radius 3 is 2.55 bits per heavy atom. The number of aromatic nitrogens is 3. The molecule has 5 rings (SSSR count). The number of sulfonamides is 1. The van der Waals surface area contributed by atoms with E-state index in [2.05, 4.69) is 14.8 Å². The predicted molar refractivity (Wildman–Crippen MR) is 144 cm³/mol. The highest BCUT2D eigenvalue weighted by Crippen LogP contribution is 2.33. The average Bonchev–Trinajstić information content (AvgIpc) is 3.43. The first-order chi connectivity index (χ1) is 18.8. The summed E-state index contributed by atoms with van der Waals surface area (Å²) < 4.78 is 74.5. The molecule has 0 atom stereocenters. The second kappa shape index (κ2) is 9.92. The van der Waals surface area contributed by atoms with Crippen LogP contribution in [-0.4, -0.2) is 35.2 Å². The summed E-state index contributed by atoms with van der Waals surface area (Å²) in [6.07, 6.45) is 2.16. The minimum atomic E-state index is -3.59. The predicted octanol–water partition coefficient (Wildman–Crippen LogP) is 5.71. The lowest BCUT2D eigenvalue weighted by Crippen LogP contribution is -2.10. The first-order valence-electron chi connectivity index (χ1n) is 11.4. The summed E-state index contributed by atoms with van der Waals surface area (Å²) in [6.45, 7) is 1.53. The zero-order chi connectivity index (χ0) is 28.9. The number of ether oxygens (including phenoxy) is 1. The molecule has 9 nitrogen and oxygen atoms in total. The Morgan fingerprint density at radius 1 is 1.10 bits per heavy atom. The SMILES string of the molecule is Cc1cc(Oc2cc(F)ccc2F)cc(F)c1-n1ncc(C(=O)c2cc3cc(Cl)c(NS(C)(=O)=O)cc3[nH]2)c1N. The molecule has 0 fully saturated rings. The van der Waals surface area contributed by atoms with E-state index in [1.807, 2.05) is 0 Å². The molecule has 2 heterocycles. The van der Waals surface area contributed by atoms with Gasteiger partial charge in [-0.2, -0.15) is 5.10 Å². The third-order valence-electron chi connectivity index (χ3n) is 5.86. The lowest BCUT2D eigenvalue weighted by atomic mass is 10.1. The van der Waals surface area contributed by atoms with Gasteiger partial charge in [-0.15, -0.1) is 0 Å². The van der Waals surface area contributed by atoms with Gasteiger partial charge in [0.1, 0.15) is 23.1 Å². The topological polar surface area (TPSA) is 132 Å². The van der Waals surface area contributed by atoms with Crippen LogP contribution in [0.25, 0.3) is 16.6 Å². The van der Waals surface area contributed by atoms with E-state index in [-0.39, 0.29) is 44.8 Å². The van der Waals surface area contributed by atoms with Crippen LogP contribution in [0.4, 0.5) is 24.7 Å². The van der Waals surface area contributed by atoms with Crippen LogP contribution in [0.3, 0.4) is 0 Å². The number of ketones is 1. The second-order valence-corrected chi connectivity index (χ2v) is 11.1. The molecule has 0 unspecified atom stereocenters. The molecular weight excluding hydrogens is 571 g/mol. The van der Waals surface area contributed by atoms with E-state index in [1.165, 1.54) is 37.4 Å². The van der Waals surface area contributed by atoms with Crippen LogP contribution in [-0.2, 0) is 10.0 Å². The van der Waals surface area contributed by atoms with Gasteiger partial charge in [0.25, 0.3) is 0 Å². The zero-order valence-corrected chi connectivity index (χ0v) is 22.3. The van der Waals surface area contributed by atoms with Crippen LogP contribution >= 0.6 is 11.6 Å². The number of benzene rings is 3. The number of nitrogen functional groups attached to an aromatic ring is 1. The van der Waals surface area contributed by atoms with Gasteiger partial charge in [-0.25, -0.2) is 26.3 Å². The smallest absolute Gasteiger partial charge is 0.229 e. The number of halogens is 4. The van der Waals surface area contributed by atoms with Crippen LogP contribution in [0.5, 0.6) is 11.5 Å². The summed E-state index contributed by atoms with van der Waals surface area (Å²) in [7, 11) is -3.59. The summed E-state index contributed by atoms with van der Waals surface area (Å²) in [5.41, 5.74) is 7.03. The number of carbonyl (C=O) groups is 1. The van der Waals surface area contributed by atoms with Gasteiger partial charge in [-0.3, -0.25) is 9.52 Å². The molecule has 2 aromatic heterocycles. The maximum absolute atomic E-state index is 15.2. The van der Waals surface area contributed by atoms with E-state index in [4.69, 9.17) is 22.1 Å². The molecule has 14 heteroatoms. The van der Waals surface area contributed by atoms with E-state index in [0.29, 0.717) is 10.9 Å². The minimum absolute atomic E-state index is 0.0342. The van der Waals surface area contributed by atoms with Gasteiger partial charge >= 0.3 is 0 Å². The Morgan fingerprint density at radius 2 is 1.85 bits per heavy atom. The number of hydrogen-bond acceptors (Lipinski definition) is 6. The second-order valence-electron chi connectivity index (χ2n) is 8.91. The molecule has 0 radical (unpaired) electrons. The number of nitrogens with two attached hydrogens (primary N) is 1. The zero-order valence-electron chi connectivity index (χ0n) is 20.7. The number of H-pyrrole nitrogens is 1. The largest absolute Gasteiger partial charge is 0.454 e. The number of nitrogens with zero attached hydrogens (tertiary/aromatic N) is 2. The van der Waals surface area contributed by atoms with Gasteiger partial charge in [0.05, 0.1) is 34.4 Å². The first-order valence-corrected chi connectivity index (χ1v) is 13.7. The third-order valence-corrected chi connectivity index (χ3v) is 6.76. The molecule has 0 bridgehead atoms. The maximum Gasteiger partial charge on any atom is 0.229 e. The Labute approximate surface area is 230 Å². The van der Waals surface area contributed by atoms with Crippen molar-refractivity contribution in [2.75, 3.05) is 16.7 Å². The first kappa shape index (κ1) is 27.1. The molecule has 0 spiro atoms. The van der Waals surface area contributed by atoms with E-state index in [1.54, 1.807) is 0 Å². The highest BCUT2D eigenvalue weighted by molar-refractivity contribution is 7.92.